The highest BCUT2D eigenvalue weighted by Crippen LogP contribution is 2.18. The highest BCUT2D eigenvalue weighted by molar-refractivity contribution is 7.90. The minimum Gasteiger partial charge on any atom is -0.330 e. The van der Waals surface area contributed by atoms with Gasteiger partial charge in [0.1, 0.15) is 0 Å². The Balaban J connectivity index is 2.11. The Bertz CT molecular complexity index is 624. The molecular formula is C16H19NO2S. The van der Waals surface area contributed by atoms with E-state index in [1.807, 2.05) is 60.7 Å². The molecule has 1 atom stereocenters. The minimum absolute atomic E-state index is 0.0666. The van der Waals surface area contributed by atoms with Crippen molar-refractivity contribution in [3.8, 4) is 0 Å². The third kappa shape index (κ3) is 4.18. The van der Waals surface area contributed by atoms with Crippen molar-refractivity contribution < 1.29 is 8.42 Å². The van der Waals surface area contributed by atoms with Crippen molar-refractivity contribution in [1.82, 2.24) is 0 Å². The van der Waals surface area contributed by atoms with Gasteiger partial charge in [-0.3, -0.25) is 0 Å². The van der Waals surface area contributed by atoms with E-state index in [-0.39, 0.29) is 17.4 Å². The highest BCUT2D eigenvalue weighted by Gasteiger charge is 2.20. The van der Waals surface area contributed by atoms with Crippen LogP contribution in [0.4, 0.5) is 0 Å². The summed E-state index contributed by atoms with van der Waals surface area (Å²) in [6.45, 7) is 0.331. The van der Waals surface area contributed by atoms with Gasteiger partial charge in [-0.15, -0.1) is 0 Å². The first-order chi connectivity index (χ1) is 9.61. The topological polar surface area (TPSA) is 60.2 Å². The third-order valence-corrected chi connectivity index (χ3v) is 4.92. The van der Waals surface area contributed by atoms with Gasteiger partial charge in [-0.05, 0) is 11.1 Å². The lowest BCUT2D eigenvalue weighted by molar-refractivity contribution is 0.587. The number of nitrogens with two attached hydrogens (primary N) is 1. The molecule has 0 heterocycles. The molecule has 2 rings (SSSR count). The number of hydrogen-bond donors (Lipinski definition) is 1. The van der Waals surface area contributed by atoms with Crippen LogP contribution in [0.3, 0.4) is 0 Å². The van der Waals surface area contributed by atoms with E-state index in [0.29, 0.717) is 6.54 Å². The molecule has 2 aromatic rings. The van der Waals surface area contributed by atoms with Gasteiger partial charge in [-0.1, -0.05) is 60.7 Å². The van der Waals surface area contributed by atoms with Gasteiger partial charge in [0.15, 0.2) is 9.84 Å². The summed E-state index contributed by atoms with van der Waals surface area (Å²) < 4.78 is 24.6. The molecule has 0 spiro atoms. The van der Waals surface area contributed by atoms with E-state index in [0.717, 1.165) is 11.1 Å². The van der Waals surface area contributed by atoms with Gasteiger partial charge in [0, 0.05) is 12.5 Å². The van der Waals surface area contributed by atoms with E-state index in [9.17, 15) is 8.42 Å². The van der Waals surface area contributed by atoms with Crippen molar-refractivity contribution in [3.05, 3.63) is 71.8 Å². The third-order valence-electron chi connectivity index (χ3n) is 3.24. The van der Waals surface area contributed by atoms with Crippen LogP contribution in [0, 0.1) is 0 Å². The fourth-order valence-corrected chi connectivity index (χ4v) is 3.98. The van der Waals surface area contributed by atoms with Crippen LogP contribution in [0.1, 0.15) is 17.0 Å². The molecule has 0 aliphatic heterocycles. The molecule has 0 fully saturated rings. The maximum Gasteiger partial charge on any atom is 0.155 e. The Morgan fingerprint density at radius 3 is 2.00 bits per heavy atom. The Kier molecular flexibility index (Phi) is 4.93. The van der Waals surface area contributed by atoms with E-state index in [2.05, 4.69) is 0 Å². The van der Waals surface area contributed by atoms with Crippen molar-refractivity contribution in [2.75, 3.05) is 12.3 Å². The normalized spacial score (nSPS) is 13.1. The van der Waals surface area contributed by atoms with Crippen molar-refractivity contribution in [3.63, 3.8) is 0 Å². The summed E-state index contributed by atoms with van der Waals surface area (Å²) in [7, 11) is -3.17. The summed E-state index contributed by atoms with van der Waals surface area (Å²) in [4.78, 5) is 0. The van der Waals surface area contributed by atoms with Crippen LogP contribution < -0.4 is 5.73 Å². The van der Waals surface area contributed by atoms with Gasteiger partial charge in [0.25, 0.3) is 0 Å². The van der Waals surface area contributed by atoms with Crippen molar-refractivity contribution in [1.29, 1.82) is 0 Å². The van der Waals surface area contributed by atoms with E-state index in [1.54, 1.807) is 0 Å². The lowest BCUT2D eigenvalue weighted by atomic mass is 10.0. The molecule has 0 saturated heterocycles. The monoisotopic (exact) mass is 289 g/mol. The maximum atomic E-state index is 12.3. The van der Waals surface area contributed by atoms with E-state index in [1.165, 1.54) is 0 Å². The number of benzene rings is 2. The number of hydrogen-bond acceptors (Lipinski definition) is 3. The van der Waals surface area contributed by atoms with Crippen molar-refractivity contribution in [2.24, 2.45) is 5.73 Å². The van der Waals surface area contributed by atoms with Gasteiger partial charge in [-0.25, -0.2) is 8.42 Å². The molecule has 0 amide bonds. The molecule has 0 saturated carbocycles. The smallest absolute Gasteiger partial charge is 0.155 e. The lowest BCUT2D eigenvalue weighted by Crippen LogP contribution is -2.23. The summed E-state index contributed by atoms with van der Waals surface area (Å²) in [5, 5.41) is 0. The number of sulfone groups is 1. The summed E-state index contributed by atoms with van der Waals surface area (Å²) >= 11 is 0. The average Bonchev–Trinajstić information content (AvgIpc) is 2.46. The highest BCUT2D eigenvalue weighted by atomic mass is 32.2. The lowest BCUT2D eigenvalue weighted by Gasteiger charge is -2.15. The average molecular weight is 289 g/mol. The Hall–Kier alpha value is -1.65. The van der Waals surface area contributed by atoms with Crippen molar-refractivity contribution >= 4 is 9.84 Å². The quantitative estimate of drug-likeness (QED) is 0.888. The Morgan fingerprint density at radius 1 is 0.900 bits per heavy atom. The second-order valence-electron chi connectivity index (χ2n) is 4.88. The predicted octanol–water partition coefficient (Wildman–Crippen LogP) is 2.34. The molecule has 106 valence electrons. The summed E-state index contributed by atoms with van der Waals surface area (Å²) in [5.41, 5.74) is 7.54. The molecule has 20 heavy (non-hydrogen) atoms. The molecule has 0 aromatic heterocycles. The standard InChI is InChI=1S/C16H19NO2S/c17-11-16(15-9-5-2-6-10-15)13-20(18,19)12-14-7-3-1-4-8-14/h1-10,16H,11-13,17H2. The zero-order valence-electron chi connectivity index (χ0n) is 11.3. The fraction of sp³-hybridized carbons (Fsp3) is 0.250. The fourth-order valence-electron chi connectivity index (χ4n) is 2.22. The maximum absolute atomic E-state index is 12.3. The molecule has 3 nitrogen and oxygen atoms in total. The molecule has 0 aliphatic carbocycles. The molecule has 0 aliphatic rings. The summed E-state index contributed by atoms with van der Waals surface area (Å²) in [6.07, 6.45) is 0. The van der Waals surface area contributed by atoms with Crippen LogP contribution in [-0.2, 0) is 15.6 Å². The van der Waals surface area contributed by atoms with Gasteiger partial charge < -0.3 is 5.73 Å². The SMILES string of the molecule is NCC(CS(=O)(=O)Cc1ccccc1)c1ccccc1. The largest absolute Gasteiger partial charge is 0.330 e. The summed E-state index contributed by atoms with van der Waals surface area (Å²) in [5.74, 6) is 0.00413. The molecule has 0 bridgehead atoms. The zero-order chi connectivity index (χ0) is 14.4. The summed E-state index contributed by atoms with van der Waals surface area (Å²) in [6, 6.07) is 18.8. The minimum atomic E-state index is -3.17. The molecular weight excluding hydrogens is 270 g/mol. The van der Waals surface area contributed by atoms with Crippen LogP contribution in [-0.4, -0.2) is 20.7 Å². The first-order valence-corrected chi connectivity index (χ1v) is 8.42. The first-order valence-electron chi connectivity index (χ1n) is 6.60. The van der Waals surface area contributed by atoms with Crippen molar-refractivity contribution in [2.45, 2.75) is 11.7 Å². The van der Waals surface area contributed by atoms with E-state index in [4.69, 9.17) is 5.73 Å². The Morgan fingerprint density at radius 2 is 1.45 bits per heavy atom. The second-order valence-corrected chi connectivity index (χ2v) is 6.99. The molecule has 0 radical (unpaired) electrons. The van der Waals surface area contributed by atoms with Gasteiger partial charge in [0.2, 0.25) is 0 Å². The van der Waals surface area contributed by atoms with Crippen LogP contribution in [0.15, 0.2) is 60.7 Å². The molecule has 1 unspecified atom stereocenters. The van der Waals surface area contributed by atoms with Crippen LogP contribution in [0.5, 0.6) is 0 Å². The van der Waals surface area contributed by atoms with Gasteiger partial charge >= 0.3 is 0 Å². The van der Waals surface area contributed by atoms with Crippen LogP contribution in [0.2, 0.25) is 0 Å². The second kappa shape index (κ2) is 6.68. The molecule has 4 heteroatoms. The van der Waals surface area contributed by atoms with E-state index < -0.39 is 9.84 Å². The molecule has 2 aromatic carbocycles. The van der Waals surface area contributed by atoms with E-state index >= 15 is 0 Å². The first kappa shape index (κ1) is 14.8. The number of rotatable bonds is 6. The predicted molar refractivity (Wildman–Crippen MR) is 82.2 cm³/mol. The Labute approximate surface area is 120 Å². The van der Waals surface area contributed by atoms with Gasteiger partial charge in [0.05, 0.1) is 11.5 Å². The van der Waals surface area contributed by atoms with Gasteiger partial charge in [-0.2, -0.15) is 0 Å². The molecule has 2 N–H and O–H groups in total. The zero-order valence-corrected chi connectivity index (χ0v) is 12.1. The van der Waals surface area contributed by atoms with Crippen LogP contribution in [0.25, 0.3) is 0 Å². The van der Waals surface area contributed by atoms with Crippen LogP contribution >= 0.6 is 0 Å².